The molecule has 1 aromatic carbocycles. The molecule has 1 saturated heterocycles. The summed E-state index contributed by atoms with van der Waals surface area (Å²) in [5.41, 5.74) is 1.12. The van der Waals surface area contributed by atoms with Gasteiger partial charge in [-0.1, -0.05) is 12.5 Å². The number of piperidine rings is 1. The van der Waals surface area contributed by atoms with Gasteiger partial charge in [0.1, 0.15) is 6.61 Å². The van der Waals surface area contributed by atoms with Crippen molar-refractivity contribution in [1.82, 2.24) is 9.80 Å². The first-order chi connectivity index (χ1) is 12.1. The lowest BCUT2D eigenvalue weighted by atomic mass is 10.1. The molecule has 0 radical (unpaired) electrons. The van der Waals surface area contributed by atoms with Gasteiger partial charge < -0.3 is 19.1 Å². The summed E-state index contributed by atoms with van der Waals surface area (Å²) in [5.74, 6) is 1.55. The van der Waals surface area contributed by atoms with E-state index in [4.69, 9.17) is 14.2 Å². The van der Waals surface area contributed by atoms with E-state index >= 15 is 0 Å². The average Bonchev–Trinajstić information content (AvgIpc) is 3.09. The number of likely N-dealkylation sites (N-methyl/N-ethyl adjacent to an activating group) is 1. The van der Waals surface area contributed by atoms with Gasteiger partial charge >= 0.3 is 6.09 Å². The van der Waals surface area contributed by atoms with Gasteiger partial charge in [-0.25, -0.2) is 4.79 Å². The van der Waals surface area contributed by atoms with E-state index in [2.05, 4.69) is 4.90 Å². The number of carbonyl (C=O) groups excluding carboxylic acids is 1. The van der Waals surface area contributed by atoms with E-state index in [0.29, 0.717) is 6.61 Å². The molecule has 0 spiro atoms. The summed E-state index contributed by atoms with van der Waals surface area (Å²) in [7, 11) is 1.79. The molecule has 1 amide bonds. The molecule has 0 saturated carbocycles. The number of hydrogen-bond acceptors (Lipinski definition) is 5. The van der Waals surface area contributed by atoms with Gasteiger partial charge in [-0.3, -0.25) is 4.90 Å². The van der Waals surface area contributed by atoms with Gasteiger partial charge in [-0.05, 0) is 57.0 Å². The minimum absolute atomic E-state index is 0.0443. The van der Waals surface area contributed by atoms with Gasteiger partial charge in [0.2, 0.25) is 6.79 Å². The second kappa shape index (κ2) is 8.43. The number of fused-ring (bicyclic) bond motifs is 1. The molecular weight excluding hydrogens is 320 g/mol. The largest absolute Gasteiger partial charge is 0.454 e. The van der Waals surface area contributed by atoms with Crippen LogP contribution in [0.25, 0.3) is 0 Å². The van der Waals surface area contributed by atoms with Crippen molar-refractivity contribution >= 4 is 6.09 Å². The number of hydrogen-bond donors (Lipinski definition) is 0. The fourth-order valence-corrected chi connectivity index (χ4v) is 3.27. The number of ether oxygens (including phenoxy) is 3. The van der Waals surface area contributed by atoms with Crippen LogP contribution in [0.5, 0.6) is 11.5 Å². The van der Waals surface area contributed by atoms with Crippen molar-refractivity contribution in [3.63, 3.8) is 0 Å². The third kappa shape index (κ3) is 4.78. The topological polar surface area (TPSA) is 51.2 Å². The summed E-state index contributed by atoms with van der Waals surface area (Å²) in [5, 5.41) is 0. The minimum atomic E-state index is -0.259. The molecule has 0 aromatic heterocycles. The highest BCUT2D eigenvalue weighted by molar-refractivity contribution is 5.67. The lowest BCUT2D eigenvalue weighted by Crippen LogP contribution is -2.39. The Hall–Kier alpha value is -1.95. The maximum atomic E-state index is 12.2. The molecule has 0 aliphatic carbocycles. The molecule has 2 aliphatic rings. The van der Waals surface area contributed by atoms with Crippen molar-refractivity contribution < 1.29 is 19.0 Å². The minimum Gasteiger partial charge on any atom is -0.454 e. The second-order valence-electron chi connectivity index (χ2n) is 6.87. The highest BCUT2D eigenvalue weighted by Gasteiger charge is 2.20. The van der Waals surface area contributed by atoms with Crippen LogP contribution in [-0.2, 0) is 11.2 Å². The van der Waals surface area contributed by atoms with Gasteiger partial charge in [0.05, 0.1) is 0 Å². The van der Waals surface area contributed by atoms with Gasteiger partial charge in [0.25, 0.3) is 0 Å². The van der Waals surface area contributed by atoms with E-state index in [1.165, 1.54) is 19.3 Å². The predicted octanol–water partition coefficient (Wildman–Crippen LogP) is 2.90. The van der Waals surface area contributed by atoms with E-state index in [1.54, 1.807) is 11.9 Å². The molecule has 1 aromatic rings. The van der Waals surface area contributed by atoms with Crippen molar-refractivity contribution in [3.8, 4) is 11.5 Å². The maximum absolute atomic E-state index is 12.2. The number of nitrogens with zero attached hydrogens (tertiary/aromatic N) is 2. The van der Waals surface area contributed by atoms with Crippen LogP contribution in [0.15, 0.2) is 18.2 Å². The number of amides is 1. The van der Waals surface area contributed by atoms with Crippen LogP contribution in [0.4, 0.5) is 4.79 Å². The quantitative estimate of drug-likeness (QED) is 0.791. The third-order valence-corrected chi connectivity index (χ3v) is 5.00. The van der Waals surface area contributed by atoms with Crippen LogP contribution < -0.4 is 9.47 Å². The first kappa shape index (κ1) is 17.9. The summed E-state index contributed by atoms with van der Waals surface area (Å²) >= 11 is 0. The van der Waals surface area contributed by atoms with E-state index < -0.39 is 0 Å². The Balaban J connectivity index is 1.43. The first-order valence-corrected chi connectivity index (χ1v) is 9.14. The van der Waals surface area contributed by atoms with Crippen molar-refractivity contribution in [2.45, 2.75) is 38.6 Å². The molecule has 25 heavy (non-hydrogen) atoms. The van der Waals surface area contributed by atoms with Crippen molar-refractivity contribution in [1.29, 1.82) is 0 Å². The summed E-state index contributed by atoms with van der Waals surface area (Å²) in [6.07, 6.45) is 4.30. The van der Waals surface area contributed by atoms with Crippen LogP contribution in [0.3, 0.4) is 0 Å². The molecule has 2 heterocycles. The van der Waals surface area contributed by atoms with Crippen LogP contribution in [0, 0.1) is 0 Å². The van der Waals surface area contributed by atoms with E-state index in [9.17, 15) is 4.79 Å². The van der Waals surface area contributed by atoms with Crippen LogP contribution in [-0.4, -0.2) is 62.0 Å². The Labute approximate surface area is 149 Å². The Morgan fingerprint density at radius 3 is 2.80 bits per heavy atom. The smallest absolute Gasteiger partial charge is 0.409 e. The van der Waals surface area contributed by atoms with E-state index in [-0.39, 0.29) is 18.9 Å². The fourth-order valence-electron chi connectivity index (χ4n) is 3.27. The summed E-state index contributed by atoms with van der Waals surface area (Å²) < 4.78 is 16.2. The highest BCUT2D eigenvalue weighted by Crippen LogP contribution is 2.32. The molecule has 6 heteroatoms. The molecule has 138 valence electrons. The number of rotatable bonds is 6. The number of likely N-dealkylation sites (tertiary alicyclic amines) is 1. The molecule has 3 rings (SSSR count). The Morgan fingerprint density at radius 1 is 1.24 bits per heavy atom. The summed E-state index contributed by atoms with van der Waals surface area (Å²) in [6, 6.07) is 5.96. The van der Waals surface area contributed by atoms with Gasteiger partial charge in [-0.2, -0.15) is 0 Å². The van der Waals surface area contributed by atoms with E-state index in [0.717, 1.165) is 43.1 Å². The monoisotopic (exact) mass is 348 g/mol. The molecule has 0 bridgehead atoms. The fraction of sp³-hybridized carbons (Fsp3) is 0.632. The van der Waals surface area contributed by atoms with Crippen molar-refractivity contribution in [3.05, 3.63) is 23.8 Å². The lowest BCUT2D eigenvalue weighted by Gasteiger charge is -2.27. The molecule has 1 unspecified atom stereocenters. The molecule has 6 nitrogen and oxygen atoms in total. The molecule has 0 N–H and O–H groups in total. The molecule has 1 atom stereocenters. The SMILES string of the molecule is CC(Cc1ccc2c(c1)OCO2)N(C)C(=O)OCCN1CCCCC1. The number of carbonyl (C=O) groups is 1. The Kier molecular flexibility index (Phi) is 6.02. The predicted molar refractivity (Wildman–Crippen MR) is 95.1 cm³/mol. The zero-order chi connectivity index (χ0) is 17.6. The van der Waals surface area contributed by atoms with Crippen LogP contribution in [0.2, 0.25) is 0 Å². The molecule has 1 fully saturated rings. The van der Waals surface area contributed by atoms with Crippen LogP contribution in [0.1, 0.15) is 31.7 Å². The zero-order valence-electron chi connectivity index (χ0n) is 15.2. The summed E-state index contributed by atoms with van der Waals surface area (Å²) in [4.78, 5) is 16.3. The highest BCUT2D eigenvalue weighted by atomic mass is 16.7. The van der Waals surface area contributed by atoms with Crippen LogP contribution >= 0.6 is 0 Å². The Morgan fingerprint density at radius 2 is 2.00 bits per heavy atom. The molecular formula is C19H28N2O4. The maximum Gasteiger partial charge on any atom is 0.409 e. The zero-order valence-corrected chi connectivity index (χ0v) is 15.2. The standard InChI is InChI=1S/C19H28N2O4/c1-15(12-16-6-7-17-18(13-16)25-14-24-17)20(2)19(22)23-11-10-21-8-4-3-5-9-21/h6-7,13,15H,3-5,8-12,14H2,1-2H3. The van der Waals surface area contributed by atoms with Gasteiger partial charge in [0, 0.05) is 19.6 Å². The summed E-state index contributed by atoms with van der Waals surface area (Å²) in [6.45, 7) is 5.83. The molecule has 2 aliphatic heterocycles. The van der Waals surface area contributed by atoms with Gasteiger partial charge in [-0.15, -0.1) is 0 Å². The third-order valence-electron chi connectivity index (χ3n) is 5.00. The Bertz CT molecular complexity index is 587. The van der Waals surface area contributed by atoms with E-state index in [1.807, 2.05) is 25.1 Å². The number of benzene rings is 1. The first-order valence-electron chi connectivity index (χ1n) is 9.14. The average molecular weight is 348 g/mol. The normalized spacial score (nSPS) is 18.0. The van der Waals surface area contributed by atoms with Crippen molar-refractivity contribution in [2.24, 2.45) is 0 Å². The van der Waals surface area contributed by atoms with Gasteiger partial charge in [0.15, 0.2) is 11.5 Å². The van der Waals surface area contributed by atoms with Crippen molar-refractivity contribution in [2.75, 3.05) is 40.1 Å². The lowest BCUT2D eigenvalue weighted by molar-refractivity contribution is 0.0847. The second-order valence-corrected chi connectivity index (χ2v) is 6.87.